The lowest BCUT2D eigenvalue weighted by molar-refractivity contribution is 0.468. The number of hydrogen-bond acceptors (Lipinski definition) is 5. The molecule has 0 bridgehead atoms. The zero-order valence-electron chi connectivity index (χ0n) is 11.2. The van der Waals surface area contributed by atoms with Gasteiger partial charge in [-0.25, -0.2) is 9.97 Å². The number of thiophene rings is 1. The van der Waals surface area contributed by atoms with E-state index in [0.717, 1.165) is 22.4 Å². The molecule has 0 amide bonds. The fraction of sp³-hybridized carbons (Fsp3) is 0.200. The van der Waals surface area contributed by atoms with E-state index in [-0.39, 0.29) is 0 Å². The molecular weight excluding hydrogens is 270 g/mol. The van der Waals surface area contributed by atoms with Crippen LogP contribution in [0.2, 0.25) is 0 Å². The minimum atomic E-state index is 0.603. The van der Waals surface area contributed by atoms with Crippen LogP contribution in [0.15, 0.2) is 36.7 Å². The Morgan fingerprint density at radius 1 is 1.20 bits per heavy atom. The average Bonchev–Trinajstić information content (AvgIpc) is 2.83. The minimum Gasteiger partial charge on any atom is -0.438 e. The van der Waals surface area contributed by atoms with Crippen LogP contribution in [0.3, 0.4) is 0 Å². The molecule has 0 atom stereocenters. The van der Waals surface area contributed by atoms with E-state index in [9.17, 15) is 0 Å². The molecule has 0 unspecified atom stereocenters. The number of fused-ring (bicyclic) bond motifs is 1. The van der Waals surface area contributed by atoms with Crippen molar-refractivity contribution in [3.05, 3.63) is 47.1 Å². The maximum Gasteiger partial charge on any atom is 0.231 e. The van der Waals surface area contributed by atoms with E-state index in [4.69, 9.17) is 10.5 Å². The number of aromatic nitrogens is 2. The van der Waals surface area contributed by atoms with Crippen LogP contribution >= 0.6 is 11.3 Å². The molecule has 20 heavy (non-hydrogen) atoms. The second kappa shape index (κ2) is 5.56. The smallest absolute Gasteiger partial charge is 0.231 e. The van der Waals surface area contributed by atoms with Crippen molar-refractivity contribution < 1.29 is 4.74 Å². The highest BCUT2D eigenvalue weighted by Crippen LogP contribution is 2.31. The summed E-state index contributed by atoms with van der Waals surface area (Å²) in [6, 6.07) is 9.99. The predicted molar refractivity (Wildman–Crippen MR) is 81.4 cm³/mol. The molecule has 4 nitrogen and oxygen atoms in total. The molecule has 0 aliphatic heterocycles. The van der Waals surface area contributed by atoms with Crippen LogP contribution in [0.25, 0.3) is 10.2 Å². The quantitative estimate of drug-likeness (QED) is 0.799. The molecule has 5 heteroatoms. The Morgan fingerprint density at radius 2 is 2.00 bits per heavy atom. The van der Waals surface area contributed by atoms with Crippen LogP contribution in [0.5, 0.6) is 11.6 Å². The summed E-state index contributed by atoms with van der Waals surface area (Å²) in [5.74, 6) is 1.38. The molecule has 3 rings (SSSR count). The first-order chi connectivity index (χ1) is 9.76. The van der Waals surface area contributed by atoms with Gasteiger partial charge >= 0.3 is 0 Å². The summed E-state index contributed by atoms with van der Waals surface area (Å²) in [6.07, 6.45) is 2.41. The molecule has 0 radical (unpaired) electrons. The summed E-state index contributed by atoms with van der Waals surface area (Å²) in [7, 11) is 0. The number of nitrogens with two attached hydrogens (primary N) is 1. The fourth-order valence-corrected chi connectivity index (χ4v) is 2.88. The molecule has 0 aliphatic carbocycles. The van der Waals surface area contributed by atoms with Crippen molar-refractivity contribution in [2.45, 2.75) is 13.3 Å². The van der Waals surface area contributed by atoms with E-state index in [2.05, 4.69) is 23.0 Å². The van der Waals surface area contributed by atoms with Crippen LogP contribution in [0.4, 0.5) is 0 Å². The second-order valence-electron chi connectivity index (χ2n) is 4.54. The van der Waals surface area contributed by atoms with Crippen molar-refractivity contribution in [2.24, 2.45) is 5.73 Å². The first-order valence-electron chi connectivity index (χ1n) is 6.44. The molecule has 1 aromatic carbocycles. The zero-order chi connectivity index (χ0) is 13.9. The number of aryl methyl sites for hydroxylation is 1. The average molecular weight is 285 g/mol. The van der Waals surface area contributed by atoms with Crippen LogP contribution in [-0.4, -0.2) is 16.5 Å². The van der Waals surface area contributed by atoms with Gasteiger partial charge in [0.2, 0.25) is 5.88 Å². The van der Waals surface area contributed by atoms with E-state index < -0.39 is 0 Å². The van der Waals surface area contributed by atoms with Crippen LogP contribution < -0.4 is 10.5 Å². The monoisotopic (exact) mass is 285 g/mol. The lowest BCUT2D eigenvalue weighted by atomic mass is 10.1. The van der Waals surface area contributed by atoms with E-state index in [1.165, 1.54) is 16.8 Å². The van der Waals surface area contributed by atoms with E-state index >= 15 is 0 Å². The van der Waals surface area contributed by atoms with Crippen molar-refractivity contribution in [2.75, 3.05) is 6.54 Å². The highest BCUT2D eigenvalue weighted by atomic mass is 32.1. The molecule has 0 saturated carbocycles. The van der Waals surface area contributed by atoms with Crippen molar-refractivity contribution in [3.63, 3.8) is 0 Å². The highest BCUT2D eigenvalue weighted by Gasteiger charge is 2.08. The standard InChI is InChI=1S/C15H15N3OS/c1-10-8-13-14(17-9-18-15(13)20-10)19-12-4-2-11(3-5-12)6-7-16/h2-5,8-9H,6-7,16H2,1H3. The minimum absolute atomic E-state index is 0.603. The second-order valence-corrected chi connectivity index (χ2v) is 5.77. The third-order valence-electron chi connectivity index (χ3n) is 2.99. The number of rotatable bonds is 4. The maximum absolute atomic E-state index is 5.86. The van der Waals surface area contributed by atoms with Gasteiger partial charge in [0.15, 0.2) is 0 Å². The van der Waals surface area contributed by atoms with Gasteiger partial charge in [0.05, 0.1) is 5.39 Å². The van der Waals surface area contributed by atoms with Gasteiger partial charge in [-0.15, -0.1) is 11.3 Å². The van der Waals surface area contributed by atoms with Crippen molar-refractivity contribution in [1.29, 1.82) is 0 Å². The molecule has 102 valence electrons. The molecule has 2 heterocycles. The Bertz CT molecular complexity index is 722. The summed E-state index contributed by atoms with van der Waals surface area (Å²) in [5.41, 5.74) is 6.75. The van der Waals surface area contributed by atoms with Gasteiger partial charge in [-0.1, -0.05) is 12.1 Å². The number of hydrogen-bond donors (Lipinski definition) is 1. The first-order valence-corrected chi connectivity index (χ1v) is 7.26. The molecule has 0 aliphatic rings. The molecule has 2 aromatic heterocycles. The molecular formula is C15H15N3OS. The Kier molecular flexibility index (Phi) is 3.62. The third kappa shape index (κ3) is 2.64. The number of ether oxygens (including phenoxy) is 1. The van der Waals surface area contributed by atoms with E-state index in [1.54, 1.807) is 11.3 Å². The van der Waals surface area contributed by atoms with Crippen LogP contribution in [-0.2, 0) is 6.42 Å². The third-order valence-corrected chi connectivity index (χ3v) is 3.95. The lowest BCUT2D eigenvalue weighted by Crippen LogP contribution is -2.02. The Balaban J connectivity index is 1.88. The molecule has 0 fully saturated rings. The molecule has 2 N–H and O–H groups in total. The summed E-state index contributed by atoms with van der Waals surface area (Å²) in [4.78, 5) is 10.6. The number of benzene rings is 1. The normalized spacial score (nSPS) is 10.9. The van der Waals surface area contributed by atoms with Crippen LogP contribution in [0.1, 0.15) is 10.4 Å². The van der Waals surface area contributed by atoms with E-state index in [0.29, 0.717) is 12.4 Å². The fourth-order valence-electron chi connectivity index (χ4n) is 2.04. The Labute approximate surface area is 121 Å². The predicted octanol–water partition coefficient (Wildman–Crippen LogP) is 3.29. The highest BCUT2D eigenvalue weighted by molar-refractivity contribution is 7.18. The SMILES string of the molecule is Cc1cc2c(Oc3ccc(CCN)cc3)ncnc2s1. The molecule has 0 saturated heterocycles. The largest absolute Gasteiger partial charge is 0.438 e. The van der Waals surface area contributed by atoms with Gasteiger partial charge in [0.1, 0.15) is 16.9 Å². The van der Waals surface area contributed by atoms with Gasteiger partial charge in [-0.2, -0.15) is 0 Å². The summed E-state index contributed by atoms with van der Waals surface area (Å²) in [6.45, 7) is 2.71. The van der Waals surface area contributed by atoms with Gasteiger partial charge in [0.25, 0.3) is 0 Å². The lowest BCUT2D eigenvalue weighted by Gasteiger charge is -2.06. The summed E-state index contributed by atoms with van der Waals surface area (Å²) in [5, 5.41) is 0.959. The number of nitrogens with zero attached hydrogens (tertiary/aromatic N) is 2. The molecule has 3 aromatic rings. The maximum atomic E-state index is 5.86. The van der Waals surface area contributed by atoms with Gasteiger partial charge in [-0.05, 0) is 43.7 Å². The Hall–Kier alpha value is -1.98. The zero-order valence-corrected chi connectivity index (χ0v) is 12.0. The summed E-state index contributed by atoms with van der Waals surface area (Å²) >= 11 is 1.64. The van der Waals surface area contributed by atoms with Crippen molar-refractivity contribution in [3.8, 4) is 11.6 Å². The van der Waals surface area contributed by atoms with Crippen molar-refractivity contribution >= 4 is 21.6 Å². The topological polar surface area (TPSA) is 61.0 Å². The summed E-state index contributed by atoms with van der Waals surface area (Å²) < 4.78 is 5.86. The Morgan fingerprint density at radius 3 is 2.75 bits per heavy atom. The van der Waals surface area contributed by atoms with Crippen molar-refractivity contribution in [1.82, 2.24) is 9.97 Å². The first kappa shape index (κ1) is 13.0. The molecule has 0 spiro atoms. The van der Waals surface area contributed by atoms with Gasteiger partial charge in [0, 0.05) is 4.88 Å². The van der Waals surface area contributed by atoms with Crippen LogP contribution in [0, 0.1) is 6.92 Å². The van der Waals surface area contributed by atoms with Gasteiger partial charge in [-0.3, -0.25) is 0 Å². The van der Waals surface area contributed by atoms with E-state index in [1.807, 2.05) is 24.3 Å². The van der Waals surface area contributed by atoms with Gasteiger partial charge < -0.3 is 10.5 Å².